The Morgan fingerprint density at radius 3 is 2.66 bits per heavy atom. The van der Waals surface area contributed by atoms with Crippen LogP contribution in [0.1, 0.15) is 24.4 Å². The molecule has 0 atom stereocenters. The van der Waals surface area contributed by atoms with E-state index in [0.29, 0.717) is 19.8 Å². The Morgan fingerprint density at radius 2 is 1.97 bits per heavy atom. The second-order valence-corrected chi connectivity index (χ2v) is 8.43. The summed E-state index contributed by atoms with van der Waals surface area (Å²) in [5.74, 6) is 1.70. The maximum Gasteiger partial charge on any atom is 0.329 e. The molecule has 0 radical (unpaired) electrons. The van der Waals surface area contributed by atoms with Gasteiger partial charge in [-0.25, -0.2) is 15.1 Å². The number of ether oxygens (including phenoxy) is 2. The van der Waals surface area contributed by atoms with Gasteiger partial charge in [0.1, 0.15) is 29.8 Å². The van der Waals surface area contributed by atoms with Gasteiger partial charge in [-0.05, 0) is 57.6 Å². The highest BCUT2D eigenvalue weighted by molar-refractivity contribution is 5.77. The van der Waals surface area contributed by atoms with Crippen LogP contribution in [0.15, 0.2) is 35.3 Å². The van der Waals surface area contributed by atoms with Crippen molar-refractivity contribution in [3.05, 3.63) is 46.5 Å². The fourth-order valence-electron chi connectivity index (χ4n) is 4.03. The third-order valence-electron chi connectivity index (χ3n) is 5.85. The lowest BCUT2D eigenvalue weighted by atomic mass is 10.1. The van der Waals surface area contributed by atoms with Crippen LogP contribution in [0, 0.1) is 6.92 Å². The summed E-state index contributed by atoms with van der Waals surface area (Å²) >= 11 is 0. The number of pyridine rings is 1. The number of likely N-dealkylation sites (N-methyl/N-ethyl adjacent to an activating group) is 1. The summed E-state index contributed by atoms with van der Waals surface area (Å²) in [6.45, 7) is 4.97. The molecule has 4 rings (SSSR count). The number of hydrogen-bond donors (Lipinski definition) is 1. The number of H-pyrrole nitrogens is 1. The molecule has 0 bridgehead atoms. The molecule has 0 unspecified atom stereocenters. The molecule has 0 saturated carbocycles. The summed E-state index contributed by atoms with van der Waals surface area (Å²) in [5, 5.41) is 3.46. The first-order valence-corrected chi connectivity index (χ1v) is 10.8. The lowest BCUT2D eigenvalue weighted by molar-refractivity contribution is -0.358. The number of nitrogens with zero attached hydrogens (tertiary/aromatic N) is 3. The van der Waals surface area contributed by atoms with Crippen LogP contribution in [0.3, 0.4) is 0 Å². The molecular weight excluding hydrogens is 430 g/mol. The summed E-state index contributed by atoms with van der Waals surface area (Å²) in [7, 11) is 5.88. The summed E-state index contributed by atoms with van der Waals surface area (Å²) in [4.78, 5) is 18.3. The molecule has 2 aromatic heterocycles. The first kappa shape index (κ1) is 24.1. The van der Waals surface area contributed by atoms with Gasteiger partial charge in [-0.2, -0.15) is 0 Å². The van der Waals surface area contributed by atoms with Crippen molar-refractivity contribution in [1.29, 1.82) is 0 Å². The fourth-order valence-corrected chi connectivity index (χ4v) is 4.03. The molecule has 1 saturated heterocycles. The van der Waals surface area contributed by atoms with Crippen molar-refractivity contribution in [2.24, 2.45) is 7.05 Å². The SMILES string of the molecule is Cc1cc(OCCN(C)C)ccc1Nc1cc2c(c[nH+]1)n(C)c(=O)n2C1CCOCC1.[Cl-]. The quantitative estimate of drug-likeness (QED) is 0.513. The van der Waals surface area contributed by atoms with Gasteiger partial charge in [0.25, 0.3) is 5.82 Å². The third-order valence-corrected chi connectivity index (χ3v) is 5.85. The minimum Gasteiger partial charge on any atom is -1.00 e. The van der Waals surface area contributed by atoms with Gasteiger partial charge in [0.2, 0.25) is 0 Å². The molecule has 3 heterocycles. The van der Waals surface area contributed by atoms with Crippen molar-refractivity contribution in [3.63, 3.8) is 0 Å². The van der Waals surface area contributed by atoms with Crippen LogP contribution in [0.2, 0.25) is 0 Å². The van der Waals surface area contributed by atoms with Gasteiger partial charge >= 0.3 is 5.69 Å². The molecular formula is C23H32ClN5O3. The molecule has 1 fully saturated rings. The maximum absolute atomic E-state index is 12.9. The van der Waals surface area contributed by atoms with E-state index in [1.807, 2.05) is 56.2 Å². The molecule has 1 aliphatic rings. The normalized spacial score (nSPS) is 14.5. The van der Waals surface area contributed by atoms with Gasteiger partial charge in [-0.3, -0.25) is 9.13 Å². The Kier molecular flexibility index (Phi) is 7.82. The van der Waals surface area contributed by atoms with E-state index in [-0.39, 0.29) is 24.1 Å². The van der Waals surface area contributed by atoms with Crippen LogP contribution in [0.25, 0.3) is 11.0 Å². The Morgan fingerprint density at radius 1 is 1.22 bits per heavy atom. The number of imidazole rings is 1. The van der Waals surface area contributed by atoms with E-state index in [2.05, 4.69) is 22.1 Å². The van der Waals surface area contributed by atoms with E-state index in [9.17, 15) is 4.79 Å². The minimum absolute atomic E-state index is 0. The number of benzene rings is 1. The van der Waals surface area contributed by atoms with Gasteiger partial charge in [-0.1, -0.05) is 0 Å². The smallest absolute Gasteiger partial charge is 0.329 e. The Hall–Kier alpha value is -2.55. The molecule has 0 amide bonds. The van der Waals surface area contributed by atoms with Crippen molar-refractivity contribution in [2.75, 3.05) is 45.8 Å². The number of halogens is 1. The highest BCUT2D eigenvalue weighted by Crippen LogP contribution is 2.27. The standard InChI is InChI=1S/C23H31N5O3.ClH/c1-16-13-18(31-12-9-26(2)3)5-6-19(16)25-22-14-20-21(15-24-22)27(4)23(29)28(20)17-7-10-30-11-8-17;/h5-6,13-15,17H,7-12H2,1-4H3,(H,24,25);1H. The van der Waals surface area contributed by atoms with E-state index in [4.69, 9.17) is 9.47 Å². The second-order valence-electron chi connectivity index (χ2n) is 8.43. The predicted molar refractivity (Wildman–Crippen MR) is 121 cm³/mol. The molecule has 0 aliphatic carbocycles. The molecule has 3 aromatic rings. The molecule has 2 N–H and O–H groups in total. The van der Waals surface area contributed by atoms with Crippen LogP contribution < -0.4 is 33.1 Å². The molecule has 0 spiro atoms. The number of anilines is 2. The fraction of sp³-hybridized carbons (Fsp3) is 0.478. The molecule has 32 heavy (non-hydrogen) atoms. The van der Waals surface area contributed by atoms with Gasteiger partial charge in [-0.15, -0.1) is 0 Å². The lowest BCUT2D eigenvalue weighted by Gasteiger charge is -2.23. The van der Waals surface area contributed by atoms with Gasteiger partial charge in [0, 0.05) is 32.8 Å². The zero-order chi connectivity index (χ0) is 22.0. The number of aryl methyl sites for hydroxylation is 2. The van der Waals surface area contributed by atoms with Crippen molar-refractivity contribution < 1.29 is 26.9 Å². The number of rotatable bonds is 7. The highest BCUT2D eigenvalue weighted by Gasteiger charge is 2.23. The van der Waals surface area contributed by atoms with Crippen LogP contribution in [-0.4, -0.2) is 54.5 Å². The third kappa shape index (κ3) is 5.09. The van der Waals surface area contributed by atoms with Crippen molar-refractivity contribution in [2.45, 2.75) is 25.8 Å². The van der Waals surface area contributed by atoms with Gasteiger partial charge in [0.15, 0.2) is 0 Å². The Balaban J connectivity index is 0.00000289. The number of aromatic nitrogens is 3. The molecule has 8 nitrogen and oxygen atoms in total. The minimum atomic E-state index is 0. The van der Waals surface area contributed by atoms with Crippen LogP contribution >= 0.6 is 0 Å². The van der Waals surface area contributed by atoms with Gasteiger partial charge < -0.3 is 26.8 Å². The number of hydrogen-bond acceptors (Lipinski definition) is 5. The Labute approximate surface area is 194 Å². The van der Waals surface area contributed by atoms with Crippen LogP contribution in [0.4, 0.5) is 11.5 Å². The van der Waals surface area contributed by atoms with Gasteiger partial charge in [0.05, 0.1) is 11.6 Å². The first-order valence-electron chi connectivity index (χ1n) is 10.8. The summed E-state index contributed by atoms with van der Waals surface area (Å²) < 4.78 is 14.9. The van der Waals surface area contributed by atoms with E-state index in [0.717, 1.165) is 53.2 Å². The monoisotopic (exact) mass is 461 g/mol. The van der Waals surface area contributed by atoms with Crippen LogP contribution in [-0.2, 0) is 11.8 Å². The summed E-state index contributed by atoms with van der Waals surface area (Å²) in [5.41, 5.74) is 3.92. The zero-order valence-corrected chi connectivity index (χ0v) is 19.9. The number of fused-ring (bicyclic) bond motifs is 1. The topological polar surface area (TPSA) is 74.8 Å². The Bertz CT molecular complexity index is 1120. The van der Waals surface area contributed by atoms with E-state index < -0.39 is 0 Å². The van der Waals surface area contributed by atoms with E-state index in [1.54, 1.807) is 4.57 Å². The van der Waals surface area contributed by atoms with E-state index in [1.165, 1.54) is 0 Å². The van der Waals surface area contributed by atoms with Crippen molar-refractivity contribution >= 4 is 22.5 Å². The molecule has 1 aromatic carbocycles. The highest BCUT2D eigenvalue weighted by atomic mass is 35.5. The maximum atomic E-state index is 12.9. The van der Waals surface area contributed by atoms with Crippen molar-refractivity contribution in [1.82, 2.24) is 14.0 Å². The first-order chi connectivity index (χ1) is 14.9. The zero-order valence-electron chi connectivity index (χ0n) is 19.2. The largest absolute Gasteiger partial charge is 1.00 e. The summed E-state index contributed by atoms with van der Waals surface area (Å²) in [6, 6.07) is 8.23. The second kappa shape index (κ2) is 10.4. The molecule has 9 heteroatoms. The van der Waals surface area contributed by atoms with Crippen LogP contribution in [0.5, 0.6) is 5.75 Å². The molecule has 1 aliphatic heterocycles. The number of aromatic amines is 1. The average molecular weight is 462 g/mol. The molecule has 174 valence electrons. The average Bonchev–Trinajstić information content (AvgIpc) is 3.00. The number of nitrogens with one attached hydrogen (secondary N) is 2. The van der Waals surface area contributed by atoms with Crippen molar-refractivity contribution in [3.8, 4) is 5.75 Å². The predicted octanol–water partition coefficient (Wildman–Crippen LogP) is -0.498. The lowest BCUT2D eigenvalue weighted by Crippen LogP contribution is -3.00. The van der Waals surface area contributed by atoms with E-state index >= 15 is 0 Å². The summed E-state index contributed by atoms with van der Waals surface area (Å²) in [6.07, 6.45) is 3.60.